The van der Waals surface area contributed by atoms with E-state index in [9.17, 15) is 0 Å². The zero-order chi connectivity index (χ0) is 7.34. The van der Waals surface area contributed by atoms with Crippen molar-refractivity contribution in [1.82, 2.24) is 0 Å². The third-order valence-electron chi connectivity index (χ3n) is 7.69. The van der Waals surface area contributed by atoms with Crippen molar-refractivity contribution in [3.63, 3.8) is 0 Å². The molecule has 62 valence electrons. The average molecular weight is 158 g/mol. The minimum atomic E-state index is 1.01. The average Bonchev–Trinajstić information content (AvgIpc) is 2.63. The smallest absolute Gasteiger partial charge is 0.0131 e. The fourth-order valence-electron chi connectivity index (χ4n) is 8.43. The molecule has 7 saturated carbocycles. The molecule has 7 unspecified atom stereocenters. The molecule has 3 bridgehead atoms. The quantitative estimate of drug-likeness (QED) is 0.508. The largest absolute Gasteiger partial charge is 0.0493 e. The van der Waals surface area contributed by atoms with Gasteiger partial charge in [0.05, 0.1) is 0 Å². The van der Waals surface area contributed by atoms with Crippen LogP contribution in [0.5, 0.6) is 0 Å². The lowest BCUT2D eigenvalue weighted by Crippen LogP contribution is -2.59. The van der Waals surface area contributed by atoms with Crippen LogP contribution in [0.1, 0.15) is 32.1 Å². The van der Waals surface area contributed by atoms with E-state index in [2.05, 4.69) is 0 Å². The van der Waals surface area contributed by atoms with E-state index in [-0.39, 0.29) is 0 Å². The van der Waals surface area contributed by atoms with Gasteiger partial charge in [-0.3, -0.25) is 0 Å². The van der Waals surface area contributed by atoms with Gasteiger partial charge in [0, 0.05) is 0 Å². The number of hydrogen-bond donors (Lipinski definition) is 0. The van der Waals surface area contributed by atoms with Crippen molar-refractivity contribution in [3.05, 3.63) is 0 Å². The molecular weight excluding hydrogens is 144 g/mol. The number of hydrogen-bond acceptors (Lipinski definition) is 0. The first-order chi connectivity index (χ1) is 5.90. The van der Waals surface area contributed by atoms with Gasteiger partial charge in [-0.2, -0.15) is 0 Å². The van der Waals surface area contributed by atoms with Crippen LogP contribution in [0.3, 0.4) is 0 Å². The fraction of sp³-hybridized carbons (Fsp3) is 1.00. The molecule has 0 aromatic heterocycles. The van der Waals surface area contributed by atoms with E-state index in [1.807, 2.05) is 0 Å². The highest BCUT2D eigenvalue weighted by Crippen LogP contribution is 3.16. The summed E-state index contributed by atoms with van der Waals surface area (Å²) in [6.07, 6.45) is 8.32. The van der Waals surface area contributed by atoms with Crippen LogP contribution < -0.4 is 0 Å². The van der Waals surface area contributed by atoms with Gasteiger partial charge in [-0.25, -0.2) is 0 Å². The molecule has 7 rings (SSSR count). The van der Waals surface area contributed by atoms with Crippen LogP contribution >= 0.6 is 0 Å². The maximum atomic E-state index is 1.70. The van der Waals surface area contributed by atoms with Crippen LogP contribution in [0, 0.1) is 39.9 Å². The van der Waals surface area contributed by atoms with Crippen LogP contribution in [0.15, 0.2) is 0 Å². The third-order valence-corrected chi connectivity index (χ3v) is 7.69. The van der Waals surface area contributed by atoms with E-state index in [1.165, 1.54) is 23.7 Å². The summed E-state index contributed by atoms with van der Waals surface area (Å²) in [5.74, 6) is 5.15. The van der Waals surface area contributed by atoms with Crippen molar-refractivity contribution in [1.29, 1.82) is 0 Å². The summed E-state index contributed by atoms with van der Waals surface area (Å²) in [7, 11) is 0. The van der Waals surface area contributed by atoms with Gasteiger partial charge in [0.1, 0.15) is 0 Å². The molecule has 7 atom stereocenters. The maximum absolute atomic E-state index is 1.70. The number of rotatable bonds is 0. The predicted molar refractivity (Wildman–Crippen MR) is 44.3 cm³/mol. The third kappa shape index (κ3) is 0.161. The van der Waals surface area contributed by atoms with Crippen LogP contribution in [0.4, 0.5) is 0 Å². The molecular formula is C12H14. The van der Waals surface area contributed by atoms with Crippen LogP contribution in [-0.4, -0.2) is 0 Å². The lowest BCUT2D eigenvalue weighted by Gasteiger charge is -2.64. The summed E-state index contributed by atoms with van der Waals surface area (Å²) in [4.78, 5) is 0. The van der Waals surface area contributed by atoms with Gasteiger partial charge in [-0.15, -0.1) is 0 Å². The van der Waals surface area contributed by atoms with Crippen LogP contribution in [0.2, 0.25) is 0 Å². The molecule has 0 aromatic rings. The lowest BCUT2D eigenvalue weighted by atomic mass is 9.40. The molecule has 0 aromatic carbocycles. The summed E-state index contributed by atoms with van der Waals surface area (Å²) < 4.78 is 0. The Bertz CT molecular complexity index is 357. The van der Waals surface area contributed by atoms with Gasteiger partial charge in [0.15, 0.2) is 0 Å². The van der Waals surface area contributed by atoms with E-state index < -0.39 is 0 Å². The molecule has 7 fully saturated rings. The summed E-state index contributed by atoms with van der Waals surface area (Å²) in [5.41, 5.74) is 3.11. The Morgan fingerprint density at radius 1 is 1.00 bits per heavy atom. The Morgan fingerprint density at radius 2 is 2.00 bits per heavy atom. The monoisotopic (exact) mass is 158 g/mol. The van der Waals surface area contributed by atoms with Crippen molar-refractivity contribution in [2.24, 2.45) is 39.9 Å². The van der Waals surface area contributed by atoms with Crippen molar-refractivity contribution in [2.75, 3.05) is 0 Å². The molecule has 0 amide bonds. The second kappa shape index (κ2) is 0.898. The second-order valence-electron chi connectivity index (χ2n) is 6.66. The first kappa shape index (κ1) is 5.02. The molecule has 0 nitrogen and oxygen atoms in total. The van der Waals surface area contributed by atoms with Crippen LogP contribution in [0.25, 0.3) is 0 Å². The highest BCUT2D eigenvalue weighted by atomic mass is 15.1. The molecule has 0 radical (unpaired) electrons. The molecule has 0 heteroatoms. The maximum Gasteiger partial charge on any atom is -0.0131 e. The normalized spacial score (nSPS) is 94.0. The molecule has 0 N–H and O–H groups in total. The topological polar surface area (TPSA) is 0 Å². The fourth-order valence-corrected chi connectivity index (χ4v) is 8.43. The van der Waals surface area contributed by atoms with Gasteiger partial charge >= 0.3 is 0 Å². The molecule has 0 saturated heterocycles. The van der Waals surface area contributed by atoms with E-state index in [0.717, 1.165) is 16.2 Å². The second-order valence-corrected chi connectivity index (χ2v) is 6.66. The van der Waals surface area contributed by atoms with Gasteiger partial charge in [0.25, 0.3) is 0 Å². The van der Waals surface area contributed by atoms with E-state index in [0.29, 0.717) is 0 Å². The first-order valence-corrected chi connectivity index (χ1v) is 5.90. The highest BCUT2D eigenvalue weighted by Gasteiger charge is 3.11. The molecule has 3 spiro atoms. The predicted octanol–water partition coefficient (Wildman–Crippen LogP) is 2.44. The standard InChI is InChI=1S/C12H14/c1-3-10-5-6(1)12-8(10)7-2-4-11(10,12)9(7)12/h6-9H,1-5H2. The lowest BCUT2D eigenvalue weighted by molar-refractivity contribution is -0.168. The van der Waals surface area contributed by atoms with E-state index >= 15 is 0 Å². The summed E-state index contributed by atoms with van der Waals surface area (Å²) >= 11 is 0. The molecule has 12 heavy (non-hydrogen) atoms. The van der Waals surface area contributed by atoms with Crippen molar-refractivity contribution in [2.45, 2.75) is 32.1 Å². The zero-order valence-electron chi connectivity index (χ0n) is 7.34. The Balaban J connectivity index is 1.84. The Morgan fingerprint density at radius 3 is 2.67 bits per heavy atom. The molecule has 7 aliphatic rings. The van der Waals surface area contributed by atoms with Gasteiger partial charge in [-0.1, -0.05) is 0 Å². The highest BCUT2D eigenvalue weighted by molar-refractivity contribution is 5.58. The zero-order valence-corrected chi connectivity index (χ0v) is 7.34. The minimum Gasteiger partial charge on any atom is -0.0493 e. The van der Waals surface area contributed by atoms with Gasteiger partial charge < -0.3 is 0 Å². The Labute approximate surface area is 72.7 Å². The summed E-state index contributed by atoms with van der Waals surface area (Å²) in [6.45, 7) is 0. The SMILES string of the molecule is C1CC23C4C1C1C25CCC(C5)C143. The summed E-state index contributed by atoms with van der Waals surface area (Å²) in [5, 5.41) is 0. The van der Waals surface area contributed by atoms with E-state index in [1.54, 1.807) is 32.1 Å². The summed E-state index contributed by atoms with van der Waals surface area (Å²) in [6, 6.07) is 0. The van der Waals surface area contributed by atoms with Crippen molar-refractivity contribution in [3.8, 4) is 0 Å². The molecule has 0 aliphatic heterocycles. The van der Waals surface area contributed by atoms with Crippen LogP contribution in [-0.2, 0) is 0 Å². The Hall–Kier alpha value is 0. The van der Waals surface area contributed by atoms with E-state index in [4.69, 9.17) is 0 Å². The van der Waals surface area contributed by atoms with Gasteiger partial charge in [-0.05, 0) is 72.0 Å². The van der Waals surface area contributed by atoms with Crippen molar-refractivity contribution >= 4 is 0 Å². The van der Waals surface area contributed by atoms with Gasteiger partial charge in [0.2, 0.25) is 0 Å². The Kier molecular flexibility index (Phi) is 0.376. The van der Waals surface area contributed by atoms with Crippen molar-refractivity contribution < 1.29 is 0 Å². The molecule has 7 aliphatic carbocycles. The molecule has 0 heterocycles. The first-order valence-electron chi connectivity index (χ1n) is 5.90. The minimum absolute atomic E-state index is 1.01.